The van der Waals surface area contributed by atoms with Gasteiger partial charge < -0.3 is 10.1 Å². The summed E-state index contributed by atoms with van der Waals surface area (Å²) in [5.74, 6) is 1.25. The van der Waals surface area contributed by atoms with Crippen molar-refractivity contribution in [3.8, 4) is 0 Å². The van der Waals surface area contributed by atoms with Crippen molar-refractivity contribution in [2.45, 2.75) is 59.1 Å². The summed E-state index contributed by atoms with van der Waals surface area (Å²) in [6, 6.07) is 0.292. The van der Waals surface area contributed by atoms with Crippen molar-refractivity contribution in [1.29, 1.82) is 0 Å². The quantitative estimate of drug-likeness (QED) is 0.766. The third kappa shape index (κ3) is 3.73. The Balaban J connectivity index is 2.39. The van der Waals surface area contributed by atoms with Gasteiger partial charge >= 0.3 is 6.09 Å². The smallest absolute Gasteiger partial charge is 0.407 e. The molecular formula is C12H23NO2. The van der Waals surface area contributed by atoms with E-state index >= 15 is 0 Å². The number of hydrogen-bond donors (Lipinski definition) is 1. The topological polar surface area (TPSA) is 38.3 Å². The Bertz CT molecular complexity index is 216. The van der Waals surface area contributed by atoms with Crippen molar-refractivity contribution in [1.82, 2.24) is 5.32 Å². The van der Waals surface area contributed by atoms with Gasteiger partial charge in [-0.05, 0) is 32.1 Å². The second kappa shape index (κ2) is 5.38. The molecule has 1 aliphatic carbocycles. The van der Waals surface area contributed by atoms with Gasteiger partial charge in [0.15, 0.2) is 0 Å². The van der Waals surface area contributed by atoms with Crippen LogP contribution in [-0.4, -0.2) is 18.2 Å². The summed E-state index contributed by atoms with van der Waals surface area (Å²) >= 11 is 0. The van der Waals surface area contributed by atoms with Crippen LogP contribution in [0.15, 0.2) is 0 Å². The van der Waals surface area contributed by atoms with Crippen LogP contribution in [0.3, 0.4) is 0 Å². The lowest BCUT2D eigenvalue weighted by atomic mass is 9.78. The van der Waals surface area contributed by atoms with Crippen molar-refractivity contribution >= 4 is 6.09 Å². The molecule has 0 spiro atoms. The molecule has 3 heteroatoms. The Hall–Kier alpha value is -0.730. The maximum atomic E-state index is 11.4. The van der Waals surface area contributed by atoms with Gasteiger partial charge in [-0.1, -0.05) is 26.7 Å². The van der Waals surface area contributed by atoms with Gasteiger partial charge in [0.1, 0.15) is 0 Å². The van der Waals surface area contributed by atoms with E-state index in [1.54, 1.807) is 0 Å². The molecule has 3 nitrogen and oxygen atoms in total. The zero-order valence-corrected chi connectivity index (χ0v) is 10.2. The average molecular weight is 213 g/mol. The normalized spacial score (nSPS) is 31.4. The molecule has 1 aliphatic rings. The third-order valence-corrected chi connectivity index (χ3v) is 3.35. The summed E-state index contributed by atoms with van der Waals surface area (Å²) in [5.41, 5.74) is 0. The van der Waals surface area contributed by atoms with Gasteiger partial charge in [0.25, 0.3) is 0 Å². The molecule has 1 fully saturated rings. The summed E-state index contributed by atoms with van der Waals surface area (Å²) in [7, 11) is 0. The Labute approximate surface area is 92.6 Å². The molecule has 0 aromatic heterocycles. The third-order valence-electron chi connectivity index (χ3n) is 3.35. The molecule has 0 bridgehead atoms. The van der Waals surface area contributed by atoms with E-state index < -0.39 is 0 Å². The van der Waals surface area contributed by atoms with Crippen LogP contribution in [-0.2, 0) is 4.74 Å². The predicted octanol–water partition coefficient (Wildman–Crippen LogP) is 2.95. The van der Waals surface area contributed by atoms with Crippen molar-refractivity contribution in [2.75, 3.05) is 0 Å². The number of hydrogen-bond acceptors (Lipinski definition) is 2. The first kappa shape index (κ1) is 12.3. The number of carbonyl (C=O) groups is 1. The summed E-state index contributed by atoms with van der Waals surface area (Å²) in [5, 5.41) is 2.97. The van der Waals surface area contributed by atoms with E-state index in [4.69, 9.17) is 4.74 Å². The molecule has 3 unspecified atom stereocenters. The average Bonchev–Trinajstić information content (AvgIpc) is 2.11. The first-order valence-electron chi connectivity index (χ1n) is 5.98. The van der Waals surface area contributed by atoms with Crippen molar-refractivity contribution < 1.29 is 9.53 Å². The van der Waals surface area contributed by atoms with E-state index in [1.165, 1.54) is 12.8 Å². The van der Waals surface area contributed by atoms with Crippen LogP contribution < -0.4 is 5.32 Å². The maximum absolute atomic E-state index is 11.4. The van der Waals surface area contributed by atoms with Crippen LogP contribution >= 0.6 is 0 Å². The van der Waals surface area contributed by atoms with Crippen LogP contribution in [0.2, 0.25) is 0 Å². The van der Waals surface area contributed by atoms with E-state index in [2.05, 4.69) is 19.2 Å². The second-order valence-electron chi connectivity index (χ2n) is 4.97. The van der Waals surface area contributed by atoms with Gasteiger partial charge in [0, 0.05) is 6.04 Å². The molecule has 0 aromatic carbocycles. The monoisotopic (exact) mass is 213 g/mol. The lowest BCUT2D eigenvalue weighted by molar-refractivity contribution is 0.102. The predicted molar refractivity (Wildman–Crippen MR) is 60.7 cm³/mol. The van der Waals surface area contributed by atoms with Crippen LogP contribution in [0.4, 0.5) is 4.79 Å². The number of rotatable bonds is 2. The lowest BCUT2D eigenvalue weighted by Gasteiger charge is -2.34. The van der Waals surface area contributed by atoms with Crippen LogP contribution in [0.1, 0.15) is 47.0 Å². The van der Waals surface area contributed by atoms with Gasteiger partial charge in [-0.15, -0.1) is 0 Å². The minimum absolute atomic E-state index is 0.0404. The second-order valence-corrected chi connectivity index (χ2v) is 4.97. The summed E-state index contributed by atoms with van der Waals surface area (Å²) in [6.45, 7) is 8.20. The van der Waals surface area contributed by atoms with Gasteiger partial charge in [0.05, 0.1) is 6.10 Å². The number of amides is 1. The zero-order valence-electron chi connectivity index (χ0n) is 10.2. The highest BCUT2D eigenvalue weighted by atomic mass is 16.6. The summed E-state index contributed by atoms with van der Waals surface area (Å²) in [4.78, 5) is 11.4. The van der Waals surface area contributed by atoms with Gasteiger partial charge in [-0.25, -0.2) is 4.79 Å². The molecule has 0 aliphatic heterocycles. The highest BCUT2D eigenvalue weighted by molar-refractivity contribution is 5.67. The van der Waals surface area contributed by atoms with E-state index in [0.717, 1.165) is 6.42 Å². The van der Waals surface area contributed by atoms with Crippen molar-refractivity contribution in [3.63, 3.8) is 0 Å². The minimum atomic E-state index is -0.268. The van der Waals surface area contributed by atoms with Crippen LogP contribution in [0, 0.1) is 11.8 Å². The van der Waals surface area contributed by atoms with E-state index in [1.807, 2.05) is 13.8 Å². The molecular weight excluding hydrogens is 190 g/mol. The summed E-state index contributed by atoms with van der Waals surface area (Å²) < 4.78 is 5.09. The highest BCUT2D eigenvalue weighted by Crippen LogP contribution is 2.29. The SMILES string of the molecule is CC(C)OC(=O)NC1CCCC(C)C1C. The van der Waals surface area contributed by atoms with Crippen molar-refractivity contribution in [2.24, 2.45) is 11.8 Å². The van der Waals surface area contributed by atoms with Gasteiger partial charge in [-0.2, -0.15) is 0 Å². The molecule has 0 heterocycles. The molecule has 1 saturated carbocycles. The Kier molecular flexibility index (Phi) is 4.43. The van der Waals surface area contributed by atoms with Crippen molar-refractivity contribution in [3.05, 3.63) is 0 Å². The number of ether oxygens (including phenoxy) is 1. The van der Waals surface area contributed by atoms with E-state index in [-0.39, 0.29) is 12.2 Å². The molecule has 0 aromatic rings. The molecule has 0 saturated heterocycles. The fraction of sp³-hybridized carbons (Fsp3) is 0.917. The Morgan fingerprint density at radius 3 is 2.60 bits per heavy atom. The fourth-order valence-electron chi connectivity index (χ4n) is 2.19. The standard InChI is InChI=1S/C12H23NO2/c1-8(2)15-12(14)13-11-7-5-6-9(3)10(11)4/h8-11H,5-7H2,1-4H3,(H,13,14). The highest BCUT2D eigenvalue weighted by Gasteiger charge is 2.28. The van der Waals surface area contributed by atoms with Crippen LogP contribution in [0.5, 0.6) is 0 Å². The maximum Gasteiger partial charge on any atom is 0.407 e. The molecule has 1 N–H and O–H groups in total. The Morgan fingerprint density at radius 1 is 1.33 bits per heavy atom. The van der Waals surface area contributed by atoms with E-state index in [9.17, 15) is 4.79 Å². The lowest BCUT2D eigenvalue weighted by Crippen LogP contribution is -2.44. The molecule has 1 rings (SSSR count). The summed E-state index contributed by atoms with van der Waals surface area (Å²) in [6.07, 6.45) is 3.26. The largest absolute Gasteiger partial charge is 0.447 e. The molecule has 15 heavy (non-hydrogen) atoms. The van der Waals surface area contributed by atoms with Gasteiger partial charge in [-0.3, -0.25) is 0 Å². The number of alkyl carbamates (subject to hydrolysis) is 1. The zero-order chi connectivity index (χ0) is 11.4. The molecule has 3 atom stereocenters. The van der Waals surface area contributed by atoms with Gasteiger partial charge in [0.2, 0.25) is 0 Å². The Morgan fingerprint density at radius 2 is 2.00 bits per heavy atom. The number of nitrogens with one attached hydrogen (secondary N) is 1. The molecule has 88 valence electrons. The molecule has 1 amide bonds. The first-order valence-corrected chi connectivity index (χ1v) is 5.98. The minimum Gasteiger partial charge on any atom is -0.447 e. The number of carbonyl (C=O) groups excluding carboxylic acids is 1. The van der Waals surface area contributed by atoms with Crippen LogP contribution in [0.25, 0.3) is 0 Å². The fourth-order valence-corrected chi connectivity index (χ4v) is 2.19. The first-order chi connectivity index (χ1) is 7.00. The van der Waals surface area contributed by atoms with E-state index in [0.29, 0.717) is 17.9 Å². The molecule has 0 radical (unpaired) electrons.